The monoisotopic (exact) mass is 395 g/mol. The molecule has 0 aliphatic heterocycles. The van der Waals surface area contributed by atoms with E-state index >= 15 is 0 Å². The van der Waals surface area contributed by atoms with E-state index < -0.39 is 6.85 Å². The third kappa shape index (κ3) is 2.72. The van der Waals surface area contributed by atoms with Gasteiger partial charge in [0, 0.05) is 37.7 Å². The highest BCUT2D eigenvalue weighted by Crippen LogP contribution is 2.40. The van der Waals surface area contributed by atoms with Crippen LogP contribution in [-0.4, -0.2) is 9.97 Å². The van der Waals surface area contributed by atoms with Crippen LogP contribution in [0.15, 0.2) is 59.1 Å². The van der Waals surface area contributed by atoms with Crippen molar-refractivity contribution in [1.82, 2.24) is 9.97 Å². The number of fused-ring (bicyclic) bond motifs is 4. The van der Waals surface area contributed by atoms with Gasteiger partial charge in [0.1, 0.15) is 5.58 Å². The second-order valence-corrected chi connectivity index (χ2v) is 8.46. The Morgan fingerprint density at radius 1 is 0.967 bits per heavy atom. The van der Waals surface area contributed by atoms with E-state index in [2.05, 4.69) is 48.3 Å². The molecule has 148 valence electrons. The zero-order valence-electron chi connectivity index (χ0n) is 19.9. The summed E-state index contributed by atoms with van der Waals surface area (Å²) in [7, 11) is 0. The molecule has 0 unspecified atom stereocenters. The summed E-state index contributed by atoms with van der Waals surface area (Å²) in [5, 5.41) is 4.00. The zero-order valence-corrected chi connectivity index (χ0v) is 16.9. The Labute approximate surface area is 180 Å². The Morgan fingerprint density at radius 2 is 1.83 bits per heavy atom. The molecule has 0 N–H and O–H groups in total. The molecule has 3 heterocycles. The zero-order chi connectivity index (χ0) is 22.7. The highest BCUT2D eigenvalue weighted by molar-refractivity contribution is 6.11. The van der Waals surface area contributed by atoms with E-state index in [0.29, 0.717) is 17.2 Å². The molecule has 3 heteroatoms. The van der Waals surface area contributed by atoms with Crippen LogP contribution in [0.4, 0.5) is 0 Å². The molecule has 0 bridgehead atoms. The second kappa shape index (κ2) is 6.66. The van der Waals surface area contributed by atoms with Crippen LogP contribution in [-0.2, 0) is 0 Å². The molecule has 30 heavy (non-hydrogen) atoms. The number of hydrogen-bond acceptors (Lipinski definition) is 3. The minimum atomic E-state index is -2.28. The van der Waals surface area contributed by atoms with Crippen LogP contribution in [0.1, 0.15) is 52.5 Å². The first kappa shape index (κ1) is 14.7. The molecular formula is C27H24N2O. The maximum Gasteiger partial charge on any atom is 0.227 e. The number of aryl methyl sites for hydroxylation is 2. The summed E-state index contributed by atoms with van der Waals surface area (Å²) < 4.78 is 29.2. The summed E-state index contributed by atoms with van der Waals surface area (Å²) in [4.78, 5) is 9.07. The Bertz CT molecular complexity index is 1530. The van der Waals surface area contributed by atoms with Gasteiger partial charge >= 0.3 is 0 Å². The topological polar surface area (TPSA) is 38.9 Å². The van der Waals surface area contributed by atoms with Crippen molar-refractivity contribution in [3.8, 4) is 11.3 Å². The van der Waals surface area contributed by atoms with Crippen molar-refractivity contribution in [1.29, 1.82) is 0 Å². The van der Waals surface area contributed by atoms with Gasteiger partial charge in [0.05, 0.1) is 5.69 Å². The minimum absolute atomic E-state index is 0.0371. The van der Waals surface area contributed by atoms with Gasteiger partial charge in [0.25, 0.3) is 0 Å². The van der Waals surface area contributed by atoms with Gasteiger partial charge in [-0.05, 0) is 79.4 Å². The molecule has 0 atom stereocenters. The Balaban J connectivity index is 1.57. The molecule has 1 saturated carbocycles. The first-order valence-corrected chi connectivity index (χ1v) is 10.6. The lowest BCUT2D eigenvalue weighted by Gasteiger charge is -2.12. The molecule has 0 radical (unpaired) electrons. The predicted octanol–water partition coefficient (Wildman–Crippen LogP) is 7.47. The van der Waals surface area contributed by atoms with Crippen molar-refractivity contribution in [2.75, 3.05) is 0 Å². The van der Waals surface area contributed by atoms with Gasteiger partial charge < -0.3 is 4.42 Å². The van der Waals surface area contributed by atoms with Crippen LogP contribution in [0.2, 0.25) is 0 Å². The summed E-state index contributed by atoms with van der Waals surface area (Å²) >= 11 is 0. The fraction of sp³-hybridized carbons (Fsp3) is 0.259. The summed E-state index contributed by atoms with van der Waals surface area (Å²) in [5.74, 6) is 0.658. The summed E-state index contributed by atoms with van der Waals surface area (Å²) in [6, 6.07) is 16.3. The SMILES string of the molecule is [2H]C([2H])([2H])c1ccc2c(n1)oc1c(-c3nccc4cc(C5CCCC5)ccc34)cc(C)cc12. The fourth-order valence-electron chi connectivity index (χ4n) is 5.00. The van der Waals surface area contributed by atoms with Gasteiger partial charge in [-0.2, -0.15) is 0 Å². The largest absolute Gasteiger partial charge is 0.437 e. The molecule has 1 aliphatic rings. The highest BCUT2D eigenvalue weighted by atomic mass is 16.3. The van der Waals surface area contributed by atoms with E-state index in [4.69, 9.17) is 13.5 Å². The van der Waals surface area contributed by atoms with Gasteiger partial charge in [-0.25, -0.2) is 4.98 Å². The minimum Gasteiger partial charge on any atom is -0.437 e. The second-order valence-electron chi connectivity index (χ2n) is 8.46. The number of hydrogen-bond donors (Lipinski definition) is 0. The number of aromatic nitrogens is 2. The molecule has 3 aromatic heterocycles. The quantitative estimate of drug-likeness (QED) is 0.311. The third-order valence-corrected chi connectivity index (χ3v) is 6.45. The lowest BCUT2D eigenvalue weighted by atomic mass is 9.93. The van der Waals surface area contributed by atoms with E-state index in [0.717, 1.165) is 33.0 Å². The molecule has 0 amide bonds. The Morgan fingerprint density at radius 3 is 2.70 bits per heavy atom. The molecular weight excluding hydrogens is 368 g/mol. The van der Waals surface area contributed by atoms with Crippen LogP contribution in [0.25, 0.3) is 44.1 Å². The molecule has 5 aromatic rings. The molecule has 6 rings (SSSR count). The fourth-order valence-corrected chi connectivity index (χ4v) is 5.00. The van der Waals surface area contributed by atoms with Crippen molar-refractivity contribution in [3.63, 3.8) is 0 Å². The summed E-state index contributed by atoms with van der Waals surface area (Å²) in [5.41, 5.74) is 5.33. The van der Waals surface area contributed by atoms with Gasteiger partial charge in [0.15, 0.2) is 0 Å². The predicted molar refractivity (Wildman–Crippen MR) is 123 cm³/mol. The van der Waals surface area contributed by atoms with Gasteiger partial charge in [0.2, 0.25) is 5.71 Å². The standard InChI is InChI=1S/C27H24N2O/c1-16-13-23-22-9-7-17(2)29-27(22)30-26(23)24(14-16)25-21-10-8-19(18-5-3-4-6-18)15-20(21)11-12-28-25/h7-15,18H,3-6H2,1-2H3/i2D3. The van der Waals surface area contributed by atoms with Gasteiger partial charge in [-0.15, -0.1) is 0 Å². The van der Waals surface area contributed by atoms with E-state index in [9.17, 15) is 0 Å². The van der Waals surface area contributed by atoms with Crippen LogP contribution < -0.4 is 0 Å². The average molecular weight is 396 g/mol. The van der Waals surface area contributed by atoms with E-state index in [1.807, 2.05) is 6.20 Å². The van der Waals surface area contributed by atoms with Crippen molar-refractivity contribution in [3.05, 3.63) is 71.5 Å². The number of benzene rings is 2. The van der Waals surface area contributed by atoms with Crippen molar-refractivity contribution in [2.24, 2.45) is 0 Å². The van der Waals surface area contributed by atoms with Crippen LogP contribution >= 0.6 is 0 Å². The molecule has 0 saturated heterocycles. The van der Waals surface area contributed by atoms with Crippen molar-refractivity contribution in [2.45, 2.75) is 45.4 Å². The maximum absolute atomic E-state index is 7.68. The third-order valence-electron chi connectivity index (χ3n) is 6.45. The van der Waals surface area contributed by atoms with E-state index in [1.54, 1.807) is 12.1 Å². The lowest BCUT2D eigenvalue weighted by molar-refractivity contribution is 0.653. The number of rotatable bonds is 2. The summed E-state index contributed by atoms with van der Waals surface area (Å²) in [6.07, 6.45) is 7.03. The molecule has 1 aliphatic carbocycles. The maximum atomic E-state index is 7.68. The van der Waals surface area contributed by atoms with Crippen LogP contribution in [0.5, 0.6) is 0 Å². The van der Waals surface area contributed by atoms with Crippen molar-refractivity contribution < 1.29 is 8.53 Å². The Hall–Kier alpha value is -3.20. The first-order chi connectivity index (χ1) is 15.9. The number of nitrogens with zero attached hydrogens (tertiary/aromatic N) is 2. The van der Waals surface area contributed by atoms with Gasteiger partial charge in [-0.1, -0.05) is 31.0 Å². The average Bonchev–Trinajstić information content (AvgIpc) is 3.45. The number of furan rings is 1. The first-order valence-electron chi connectivity index (χ1n) is 12.1. The molecule has 0 spiro atoms. The lowest BCUT2D eigenvalue weighted by Crippen LogP contribution is -1.93. The van der Waals surface area contributed by atoms with E-state index in [1.165, 1.54) is 36.6 Å². The smallest absolute Gasteiger partial charge is 0.227 e. The van der Waals surface area contributed by atoms with Crippen molar-refractivity contribution >= 4 is 32.8 Å². The normalized spacial score (nSPS) is 16.9. The number of pyridine rings is 2. The van der Waals surface area contributed by atoms with Crippen LogP contribution in [0.3, 0.4) is 0 Å². The molecule has 3 nitrogen and oxygen atoms in total. The van der Waals surface area contributed by atoms with E-state index in [-0.39, 0.29) is 5.69 Å². The Kier molecular flexibility index (Phi) is 3.27. The van der Waals surface area contributed by atoms with Gasteiger partial charge in [-0.3, -0.25) is 4.98 Å². The molecule has 1 fully saturated rings. The summed E-state index contributed by atoms with van der Waals surface area (Å²) in [6.45, 7) is -0.227. The molecule has 2 aromatic carbocycles. The van der Waals surface area contributed by atoms with Crippen LogP contribution in [0, 0.1) is 13.8 Å². The highest BCUT2D eigenvalue weighted by Gasteiger charge is 2.19.